The number of hydrogen-bond acceptors (Lipinski definition) is 5. The van der Waals surface area contributed by atoms with Gasteiger partial charge in [0.1, 0.15) is 18.1 Å². The van der Waals surface area contributed by atoms with Crippen molar-refractivity contribution >= 4 is 40.1 Å². The van der Waals surface area contributed by atoms with E-state index in [1.165, 1.54) is 5.01 Å². The number of hydrazine groups is 1. The highest BCUT2D eigenvalue weighted by Gasteiger charge is 2.36. The second-order valence-electron chi connectivity index (χ2n) is 7.82. The molecule has 35 heavy (non-hydrogen) atoms. The van der Waals surface area contributed by atoms with E-state index in [9.17, 15) is 14.7 Å². The van der Waals surface area contributed by atoms with Crippen molar-refractivity contribution < 1.29 is 19.4 Å². The zero-order valence-corrected chi connectivity index (χ0v) is 21.0. The SMILES string of the molecule is C=CCOc1ccc(C(=O)NN2C(=O)c3cc(I)ccc3N[C@H]2c2cccc(CC=C)c2O)cc1. The van der Waals surface area contributed by atoms with E-state index in [1.807, 2.05) is 12.1 Å². The van der Waals surface area contributed by atoms with E-state index < -0.39 is 18.0 Å². The Hall–Kier alpha value is -3.79. The summed E-state index contributed by atoms with van der Waals surface area (Å²) < 4.78 is 6.35. The molecule has 7 nitrogen and oxygen atoms in total. The molecule has 0 aliphatic carbocycles. The number of nitrogens with zero attached hydrogens (tertiary/aromatic N) is 1. The molecule has 3 aromatic rings. The lowest BCUT2D eigenvalue weighted by molar-refractivity contribution is 0.0488. The summed E-state index contributed by atoms with van der Waals surface area (Å²) in [5.74, 6) is -0.233. The maximum atomic E-state index is 13.6. The minimum absolute atomic E-state index is 0.0367. The number of aromatic hydroxyl groups is 1. The van der Waals surface area contributed by atoms with Gasteiger partial charge in [-0.1, -0.05) is 36.9 Å². The Kier molecular flexibility index (Phi) is 7.40. The number of allylic oxidation sites excluding steroid dienone is 1. The number of nitrogens with one attached hydrogen (secondary N) is 2. The third kappa shape index (κ3) is 5.17. The Morgan fingerprint density at radius 1 is 1.14 bits per heavy atom. The number of phenols is 1. The molecule has 0 bridgehead atoms. The molecular formula is C27H24IN3O4. The summed E-state index contributed by atoms with van der Waals surface area (Å²) in [4.78, 5) is 26.7. The summed E-state index contributed by atoms with van der Waals surface area (Å²) in [6.07, 6.45) is 2.95. The van der Waals surface area contributed by atoms with Crippen molar-refractivity contribution in [2.45, 2.75) is 12.6 Å². The number of amides is 2. The largest absolute Gasteiger partial charge is 0.507 e. The van der Waals surface area contributed by atoms with Crippen molar-refractivity contribution in [3.05, 3.63) is 112 Å². The van der Waals surface area contributed by atoms with Gasteiger partial charge in [0.15, 0.2) is 6.17 Å². The first-order chi connectivity index (χ1) is 16.9. The smallest absolute Gasteiger partial charge is 0.276 e. The number of ether oxygens (including phenoxy) is 1. The van der Waals surface area contributed by atoms with Gasteiger partial charge >= 0.3 is 0 Å². The maximum absolute atomic E-state index is 13.6. The lowest BCUT2D eigenvalue weighted by atomic mass is 10.0. The van der Waals surface area contributed by atoms with Crippen LogP contribution in [0.4, 0.5) is 5.69 Å². The van der Waals surface area contributed by atoms with Crippen LogP contribution in [0.5, 0.6) is 11.5 Å². The van der Waals surface area contributed by atoms with Crippen LogP contribution < -0.4 is 15.5 Å². The summed E-state index contributed by atoms with van der Waals surface area (Å²) in [7, 11) is 0. The van der Waals surface area contributed by atoms with Crippen molar-refractivity contribution in [1.29, 1.82) is 0 Å². The van der Waals surface area contributed by atoms with Crippen LogP contribution in [0.1, 0.15) is 38.0 Å². The van der Waals surface area contributed by atoms with Crippen LogP contribution in [0.15, 0.2) is 86.0 Å². The van der Waals surface area contributed by atoms with Gasteiger partial charge < -0.3 is 15.2 Å². The second kappa shape index (κ2) is 10.6. The zero-order valence-electron chi connectivity index (χ0n) is 18.8. The molecule has 2 amide bonds. The van der Waals surface area contributed by atoms with Crippen molar-refractivity contribution in [1.82, 2.24) is 10.4 Å². The van der Waals surface area contributed by atoms with E-state index in [2.05, 4.69) is 46.5 Å². The Balaban J connectivity index is 1.69. The molecule has 0 aromatic heterocycles. The summed E-state index contributed by atoms with van der Waals surface area (Å²) in [6, 6.07) is 17.3. The first-order valence-electron chi connectivity index (χ1n) is 10.9. The Morgan fingerprint density at radius 3 is 2.63 bits per heavy atom. The lowest BCUT2D eigenvalue weighted by Gasteiger charge is -2.38. The minimum atomic E-state index is -0.834. The normalized spacial score (nSPS) is 14.5. The average Bonchev–Trinajstić information content (AvgIpc) is 2.86. The van der Waals surface area contributed by atoms with E-state index in [0.717, 1.165) is 3.57 Å². The fraction of sp³-hybridized carbons (Fsp3) is 0.111. The maximum Gasteiger partial charge on any atom is 0.276 e. The average molecular weight is 581 g/mol. The molecular weight excluding hydrogens is 557 g/mol. The molecule has 0 saturated heterocycles. The molecule has 0 saturated carbocycles. The van der Waals surface area contributed by atoms with Crippen LogP contribution in [0.25, 0.3) is 0 Å². The van der Waals surface area contributed by atoms with Gasteiger partial charge in [-0.25, -0.2) is 5.01 Å². The van der Waals surface area contributed by atoms with Gasteiger partial charge in [-0.15, -0.1) is 6.58 Å². The van der Waals surface area contributed by atoms with Gasteiger partial charge in [0.2, 0.25) is 0 Å². The number of para-hydroxylation sites is 1. The molecule has 1 heterocycles. The van der Waals surface area contributed by atoms with Crippen LogP contribution in [0.2, 0.25) is 0 Å². The third-order valence-corrected chi connectivity index (χ3v) is 6.17. The molecule has 0 radical (unpaired) electrons. The van der Waals surface area contributed by atoms with Gasteiger partial charge in [-0.3, -0.25) is 15.0 Å². The Bertz CT molecular complexity index is 1290. The fourth-order valence-electron chi connectivity index (χ4n) is 3.79. The van der Waals surface area contributed by atoms with Crippen LogP contribution in [-0.2, 0) is 6.42 Å². The number of fused-ring (bicyclic) bond motifs is 1. The van der Waals surface area contributed by atoms with Crippen LogP contribution in [-0.4, -0.2) is 28.5 Å². The van der Waals surface area contributed by atoms with Gasteiger partial charge in [-0.05, 0) is 77.0 Å². The van der Waals surface area contributed by atoms with Crippen LogP contribution >= 0.6 is 22.6 Å². The number of phenolic OH excluding ortho intramolecular Hbond substituents is 1. The first-order valence-corrected chi connectivity index (χ1v) is 12.0. The Morgan fingerprint density at radius 2 is 1.91 bits per heavy atom. The number of halogens is 1. The highest BCUT2D eigenvalue weighted by molar-refractivity contribution is 14.1. The van der Waals surface area contributed by atoms with Gasteiger partial charge in [0, 0.05) is 20.4 Å². The molecule has 178 valence electrons. The number of carbonyl (C=O) groups excluding carboxylic acids is 2. The van der Waals surface area contributed by atoms with Gasteiger partial charge in [-0.2, -0.15) is 0 Å². The van der Waals surface area contributed by atoms with Crippen molar-refractivity contribution in [2.24, 2.45) is 0 Å². The molecule has 1 atom stereocenters. The van der Waals surface area contributed by atoms with Crippen molar-refractivity contribution in [2.75, 3.05) is 11.9 Å². The van der Waals surface area contributed by atoms with Crippen LogP contribution in [0.3, 0.4) is 0 Å². The van der Waals surface area contributed by atoms with Crippen molar-refractivity contribution in [3.63, 3.8) is 0 Å². The molecule has 1 aliphatic rings. The fourth-order valence-corrected chi connectivity index (χ4v) is 4.29. The third-order valence-electron chi connectivity index (χ3n) is 5.50. The number of hydrogen-bond donors (Lipinski definition) is 3. The summed E-state index contributed by atoms with van der Waals surface area (Å²) in [6.45, 7) is 7.71. The molecule has 3 N–H and O–H groups in total. The molecule has 0 fully saturated rings. The van der Waals surface area contributed by atoms with Crippen molar-refractivity contribution in [3.8, 4) is 11.5 Å². The first kappa shape index (κ1) is 24.3. The monoisotopic (exact) mass is 581 g/mol. The Labute approximate surface area is 217 Å². The molecule has 0 unspecified atom stereocenters. The summed E-state index contributed by atoms with van der Waals surface area (Å²) in [5.41, 5.74) is 5.23. The number of anilines is 1. The summed E-state index contributed by atoms with van der Waals surface area (Å²) in [5, 5.41) is 15.5. The van der Waals surface area contributed by atoms with Crippen LogP contribution in [0, 0.1) is 3.57 Å². The highest BCUT2D eigenvalue weighted by Crippen LogP contribution is 2.37. The van der Waals surface area contributed by atoms with Gasteiger partial charge in [0.05, 0.1) is 5.56 Å². The quantitative estimate of drug-likeness (QED) is 0.251. The van der Waals surface area contributed by atoms with E-state index in [1.54, 1.807) is 60.7 Å². The van der Waals surface area contributed by atoms with E-state index in [0.29, 0.717) is 46.7 Å². The molecule has 1 aliphatic heterocycles. The standard InChI is InChI=1S/C27H24IN3O4/c1-3-6-17-7-5-8-21(24(17)32)25-29-23-14-11-19(28)16-22(23)27(34)31(25)30-26(33)18-9-12-20(13-10-18)35-15-4-2/h3-5,7-14,16,25,29,32H,1-2,6,15H2,(H,30,33)/t25-/m1/s1. The summed E-state index contributed by atoms with van der Waals surface area (Å²) >= 11 is 2.13. The predicted octanol–water partition coefficient (Wildman–Crippen LogP) is 5.20. The molecule has 3 aromatic carbocycles. The zero-order chi connectivity index (χ0) is 24.9. The lowest BCUT2D eigenvalue weighted by Crippen LogP contribution is -2.53. The van der Waals surface area contributed by atoms with Gasteiger partial charge in [0.25, 0.3) is 11.8 Å². The molecule has 0 spiro atoms. The number of carbonyl (C=O) groups is 2. The van der Waals surface area contributed by atoms with E-state index >= 15 is 0 Å². The van der Waals surface area contributed by atoms with E-state index in [4.69, 9.17) is 4.74 Å². The highest BCUT2D eigenvalue weighted by atomic mass is 127. The predicted molar refractivity (Wildman–Crippen MR) is 143 cm³/mol. The number of benzene rings is 3. The molecule has 8 heteroatoms. The number of rotatable bonds is 8. The van der Waals surface area contributed by atoms with E-state index in [-0.39, 0.29) is 5.75 Å². The second-order valence-corrected chi connectivity index (χ2v) is 9.07. The molecule has 4 rings (SSSR count). The minimum Gasteiger partial charge on any atom is -0.507 e. The topological polar surface area (TPSA) is 90.9 Å².